The van der Waals surface area contributed by atoms with E-state index in [2.05, 4.69) is 34.4 Å². The molecule has 0 fully saturated rings. The van der Waals surface area contributed by atoms with Gasteiger partial charge in [0.2, 0.25) is 0 Å². The summed E-state index contributed by atoms with van der Waals surface area (Å²) in [4.78, 5) is 4.58. The zero-order chi connectivity index (χ0) is 21.1. The molecular weight excluding hydrogens is 378 g/mol. The molecule has 1 heterocycles. The van der Waals surface area contributed by atoms with Gasteiger partial charge < -0.3 is 5.11 Å². The second kappa shape index (κ2) is 8.11. The summed E-state index contributed by atoms with van der Waals surface area (Å²) >= 11 is 0. The fourth-order valence-electron chi connectivity index (χ4n) is 4.47. The molecular formula is C29H21NO. The number of rotatable bonds is 4. The molecule has 0 aromatic heterocycles. The van der Waals surface area contributed by atoms with Crippen LogP contribution in [0.5, 0.6) is 0 Å². The van der Waals surface area contributed by atoms with Crippen LogP contribution in [0, 0.1) is 17.8 Å². The van der Waals surface area contributed by atoms with Crippen molar-refractivity contribution >= 4 is 11.9 Å². The van der Waals surface area contributed by atoms with E-state index in [1.54, 1.807) is 0 Å². The summed E-state index contributed by atoms with van der Waals surface area (Å²) in [6.45, 7) is 0. The topological polar surface area (TPSA) is 32.6 Å². The first-order valence-electron chi connectivity index (χ1n) is 10.4. The SMILES string of the molecule is OC(C#Cc1ccccc1)(C1=C=CC=C1)C(C1=C=CC=C1)[C@H]1CC=Nc2ccccc21. The highest BCUT2D eigenvalue weighted by molar-refractivity contribution is 5.71. The maximum Gasteiger partial charge on any atom is 0.166 e. The molecule has 0 radical (unpaired) electrons. The third-order valence-electron chi connectivity index (χ3n) is 5.92. The van der Waals surface area contributed by atoms with Gasteiger partial charge in [0.25, 0.3) is 0 Å². The Morgan fingerprint density at radius 1 is 0.968 bits per heavy atom. The molecule has 3 aliphatic rings. The van der Waals surface area contributed by atoms with E-state index in [0.29, 0.717) is 5.57 Å². The lowest BCUT2D eigenvalue weighted by Crippen LogP contribution is -2.42. The average Bonchev–Trinajstić information content (AvgIpc) is 3.54. The summed E-state index contributed by atoms with van der Waals surface area (Å²) in [7, 11) is 0. The lowest BCUT2D eigenvalue weighted by atomic mass is 9.67. The predicted octanol–water partition coefficient (Wildman–Crippen LogP) is 5.58. The van der Waals surface area contributed by atoms with Gasteiger partial charge in [0.1, 0.15) is 0 Å². The van der Waals surface area contributed by atoms with Crippen molar-refractivity contribution in [3.8, 4) is 11.8 Å². The van der Waals surface area contributed by atoms with E-state index in [9.17, 15) is 5.11 Å². The normalized spacial score (nSPS) is 20.5. The van der Waals surface area contributed by atoms with Crippen LogP contribution in [0.4, 0.5) is 5.69 Å². The Balaban J connectivity index is 1.70. The molecule has 2 heteroatoms. The fourth-order valence-corrected chi connectivity index (χ4v) is 4.47. The second-order valence-corrected chi connectivity index (χ2v) is 7.78. The number of benzene rings is 2. The van der Waals surface area contributed by atoms with Crippen molar-refractivity contribution in [2.24, 2.45) is 10.9 Å². The minimum atomic E-state index is -1.44. The molecule has 3 atom stereocenters. The number of hydrogen-bond acceptors (Lipinski definition) is 2. The quantitative estimate of drug-likeness (QED) is 0.528. The van der Waals surface area contributed by atoms with E-state index in [1.165, 1.54) is 0 Å². The van der Waals surface area contributed by atoms with Gasteiger partial charge in [0.05, 0.1) is 5.69 Å². The number of allylic oxidation sites excluding steroid dienone is 3. The molecule has 1 aliphatic heterocycles. The minimum Gasteiger partial charge on any atom is -0.372 e. The summed E-state index contributed by atoms with van der Waals surface area (Å²) in [5, 5.41) is 12.3. The standard InChI is InChI=1S/C29H21NO/c31-29(24-14-6-7-15-24,20-18-22-10-2-1-3-11-22)28(23-12-4-5-13-23)26-19-21-30-27-17-9-8-16-25(26)27/h1-12,14,16-17,21,26,28,31H,19H2/t26-,28?,29?/m0/s1. The van der Waals surface area contributed by atoms with Gasteiger partial charge >= 0.3 is 0 Å². The van der Waals surface area contributed by atoms with Crippen molar-refractivity contribution in [2.75, 3.05) is 0 Å². The first-order valence-corrected chi connectivity index (χ1v) is 10.4. The highest BCUT2D eigenvalue weighted by Gasteiger charge is 2.46. The smallest absolute Gasteiger partial charge is 0.166 e. The molecule has 2 aromatic carbocycles. The van der Waals surface area contributed by atoms with Crippen LogP contribution >= 0.6 is 0 Å². The summed E-state index contributed by atoms with van der Waals surface area (Å²) in [5.74, 6) is 6.13. The zero-order valence-electron chi connectivity index (χ0n) is 17.0. The van der Waals surface area contributed by atoms with E-state index in [0.717, 1.165) is 28.8 Å². The van der Waals surface area contributed by atoms with Gasteiger partial charge in [-0.15, -0.1) is 11.5 Å². The number of nitrogens with zero attached hydrogens (tertiary/aromatic N) is 1. The maximum absolute atomic E-state index is 12.3. The van der Waals surface area contributed by atoms with Gasteiger partial charge in [-0.3, -0.25) is 4.99 Å². The Hall–Kier alpha value is -3.85. The Morgan fingerprint density at radius 3 is 2.52 bits per heavy atom. The molecule has 0 bridgehead atoms. The maximum atomic E-state index is 12.3. The van der Waals surface area contributed by atoms with E-state index in [-0.39, 0.29) is 11.8 Å². The van der Waals surface area contributed by atoms with E-state index in [1.807, 2.05) is 91.2 Å². The molecule has 0 amide bonds. The molecule has 0 saturated carbocycles. The summed E-state index contributed by atoms with van der Waals surface area (Å²) in [6, 6.07) is 17.9. The number of aliphatic hydroxyl groups is 1. The molecule has 2 nitrogen and oxygen atoms in total. The van der Waals surface area contributed by atoms with Gasteiger partial charge in [-0.05, 0) is 48.4 Å². The van der Waals surface area contributed by atoms with Crippen LogP contribution in [0.2, 0.25) is 0 Å². The van der Waals surface area contributed by atoms with E-state index in [4.69, 9.17) is 0 Å². The monoisotopic (exact) mass is 399 g/mol. The highest BCUT2D eigenvalue weighted by Crippen LogP contribution is 2.47. The molecule has 148 valence electrons. The molecule has 0 spiro atoms. The average molecular weight is 399 g/mol. The Morgan fingerprint density at radius 2 is 1.74 bits per heavy atom. The van der Waals surface area contributed by atoms with Gasteiger partial charge in [0, 0.05) is 34.8 Å². The van der Waals surface area contributed by atoms with Crippen LogP contribution in [0.15, 0.2) is 119 Å². The molecule has 2 aromatic rings. The highest BCUT2D eigenvalue weighted by atomic mass is 16.3. The van der Waals surface area contributed by atoms with Gasteiger partial charge in [0.15, 0.2) is 5.60 Å². The molecule has 31 heavy (non-hydrogen) atoms. The number of fused-ring (bicyclic) bond motifs is 1. The first kappa shape index (κ1) is 19.1. The van der Waals surface area contributed by atoms with Crippen LogP contribution in [-0.2, 0) is 0 Å². The molecule has 0 saturated heterocycles. The summed E-state index contributed by atoms with van der Waals surface area (Å²) in [5.41, 5.74) is 9.67. The van der Waals surface area contributed by atoms with Crippen molar-refractivity contribution in [2.45, 2.75) is 17.9 Å². The van der Waals surface area contributed by atoms with Crippen molar-refractivity contribution < 1.29 is 5.11 Å². The molecule has 2 aliphatic carbocycles. The largest absolute Gasteiger partial charge is 0.372 e. The number of para-hydroxylation sites is 1. The van der Waals surface area contributed by atoms with Crippen molar-refractivity contribution in [1.29, 1.82) is 0 Å². The molecule has 2 unspecified atom stereocenters. The summed E-state index contributed by atoms with van der Waals surface area (Å²) in [6.07, 6.45) is 14.2. The number of hydrogen-bond donors (Lipinski definition) is 1. The minimum absolute atomic E-state index is 0.00530. The lowest BCUT2D eigenvalue weighted by Gasteiger charge is -2.38. The summed E-state index contributed by atoms with van der Waals surface area (Å²) < 4.78 is 0. The zero-order valence-corrected chi connectivity index (χ0v) is 17.0. The Kier molecular flexibility index (Phi) is 5.01. The third kappa shape index (κ3) is 3.59. The first-order chi connectivity index (χ1) is 15.3. The van der Waals surface area contributed by atoms with Crippen LogP contribution in [0.25, 0.3) is 0 Å². The Labute approximate surface area is 182 Å². The second-order valence-electron chi connectivity index (χ2n) is 7.78. The van der Waals surface area contributed by atoms with Gasteiger partial charge in [-0.1, -0.05) is 66.5 Å². The van der Waals surface area contributed by atoms with Gasteiger partial charge in [-0.2, -0.15) is 0 Å². The van der Waals surface area contributed by atoms with Crippen LogP contribution in [0.1, 0.15) is 23.5 Å². The third-order valence-corrected chi connectivity index (χ3v) is 5.92. The van der Waals surface area contributed by atoms with E-state index < -0.39 is 5.60 Å². The van der Waals surface area contributed by atoms with Crippen LogP contribution < -0.4 is 0 Å². The van der Waals surface area contributed by atoms with Crippen molar-refractivity contribution in [1.82, 2.24) is 0 Å². The lowest BCUT2D eigenvalue weighted by molar-refractivity contribution is 0.0822. The van der Waals surface area contributed by atoms with Crippen LogP contribution in [0.3, 0.4) is 0 Å². The van der Waals surface area contributed by atoms with Gasteiger partial charge in [-0.25, -0.2) is 0 Å². The number of aliphatic imine (C=N–C) groups is 1. The molecule has 1 N–H and O–H groups in total. The molecule has 5 rings (SSSR count). The Bertz CT molecular complexity index is 1300. The van der Waals surface area contributed by atoms with Crippen LogP contribution in [-0.4, -0.2) is 16.9 Å². The predicted molar refractivity (Wildman–Crippen MR) is 125 cm³/mol. The van der Waals surface area contributed by atoms with Crippen molar-refractivity contribution in [3.63, 3.8) is 0 Å². The van der Waals surface area contributed by atoms with Crippen molar-refractivity contribution in [3.05, 3.63) is 125 Å². The fraction of sp³-hybridized carbons (Fsp3) is 0.138. The van der Waals surface area contributed by atoms with E-state index >= 15 is 0 Å².